The van der Waals surface area contributed by atoms with Crippen LogP contribution in [0.15, 0.2) is 34.7 Å². The number of nitrogens with one attached hydrogen (secondary N) is 1. The lowest BCUT2D eigenvalue weighted by Crippen LogP contribution is -2.17. The predicted octanol–water partition coefficient (Wildman–Crippen LogP) is 5.31. The lowest BCUT2D eigenvalue weighted by molar-refractivity contribution is 0.0692. The smallest absolute Gasteiger partial charge is 0.338 e. The van der Waals surface area contributed by atoms with Crippen molar-refractivity contribution in [1.82, 2.24) is 0 Å². The van der Waals surface area contributed by atoms with Gasteiger partial charge in [0.05, 0.1) is 26.9 Å². The van der Waals surface area contributed by atoms with Gasteiger partial charge in [-0.3, -0.25) is 4.79 Å². The van der Waals surface area contributed by atoms with Crippen molar-refractivity contribution in [2.24, 2.45) is 0 Å². The van der Waals surface area contributed by atoms with Gasteiger partial charge in [0, 0.05) is 5.39 Å². The molecule has 2 aromatic carbocycles. The highest BCUT2D eigenvalue weighted by Gasteiger charge is 2.24. The number of furan rings is 1. The van der Waals surface area contributed by atoms with Gasteiger partial charge in [-0.1, -0.05) is 35.3 Å². The second-order valence-electron chi connectivity index (χ2n) is 5.50. The molecule has 0 spiro atoms. The summed E-state index contributed by atoms with van der Waals surface area (Å²) in [5.41, 5.74) is 1.37. The number of benzene rings is 2. The molecule has 5 nitrogen and oxygen atoms in total. The van der Waals surface area contributed by atoms with Crippen molar-refractivity contribution < 1.29 is 19.1 Å². The Labute approximate surface area is 153 Å². The van der Waals surface area contributed by atoms with Crippen molar-refractivity contribution in [3.05, 3.63) is 62.8 Å². The zero-order chi connectivity index (χ0) is 18.3. The number of aryl methyl sites for hydroxylation is 2. The number of carbonyl (C=O) groups excluding carboxylic acids is 1. The molecule has 0 aliphatic carbocycles. The average molecular weight is 378 g/mol. The summed E-state index contributed by atoms with van der Waals surface area (Å²) in [6, 6.07) is 8.04. The van der Waals surface area contributed by atoms with Gasteiger partial charge < -0.3 is 14.8 Å². The molecular weight excluding hydrogens is 365 g/mol. The van der Waals surface area contributed by atoms with Crippen LogP contribution in [0.1, 0.15) is 32.0 Å². The molecule has 2 N–H and O–H groups in total. The fourth-order valence-electron chi connectivity index (χ4n) is 2.63. The number of aromatic carboxylic acids is 1. The normalized spacial score (nSPS) is 10.9. The van der Waals surface area contributed by atoms with Crippen LogP contribution in [-0.4, -0.2) is 17.0 Å². The second kappa shape index (κ2) is 6.43. The van der Waals surface area contributed by atoms with Crippen LogP contribution in [0.2, 0.25) is 10.0 Å². The van der Waals surface area contributed by atoms with Gasteiger partial charge in [0.25, 0.3) is 5.91 Å². The lowest BCUT2D eigenvalue weighted by Gasteiger charge is -2.11. The molecule has 25 heavy (non-hydrogen) atoms. The second-order valence-corrected chi connectivity index (χ2v) is 6.32. The van der Waals surface area contributed by atoms with Crippen molar-refractivity contribution in [1.29, 1.82) is 0 Å². The summed E-state index contributed by atoms with van der Waals surface area (Å²) in [5.74, 6) is -1.27. The fraction of sp³-hybridized carbons (Fsp3) is 0.111. The zero-order valence-electron chi connectivity index (χ0n) is 13.3. The van der Waals surface area contributed by atoms with E-state index in [4.69, 9.17) is 27.6 Å². The minimum atomic E-state index is -1.33. The van der Waals surface area contributed by atoms with Crippen LogP contribution >= 0.6 is 23.2 Å². The van der Waals surface area contributed by atoms with Crippen LogP contribution in [0.3, 0.4) is 0 Å². The van der Waals surface area contributed by atoms with Crippen molar-refractivity contribution in [2.75, 3.05) is 5.32 Å². The van der Waals surface area contributed by atoms with Gasteiger partial charge in [0.1, 0.15) is 5.76 Å². The van der Waals surface area contributed by atoms with E-state index in [0.717, 1.165) is 16.7 Å². The van der Waals surface area contributed by atoms with Gasteiger partial charge in [0.15, 0.2) is 5.58 Å². The van der Waals surface area contributed by atoms with Crippen LogP contribution in [-0.2, 0) is 0 Å². The van der Waals surface area contributed by atoms with Crippen molar-refractivity contribution in [2.45, 2.75) is 13.8 Å². The molecule has 0 saturated heterocycles. The van der Waals surface area contributed by atoms with Gasteiger partial charge in [-0.2, -0.15) is 0 Å². The van der Waals surface area contributed by atoms with E-state index in [-0.39, 0.29) is 21.2 Å². The highest BCUT2D eigenvalue weighted by molar-refractivity contribution is 6.39. The summed E-state index contributed by atoms with van der Waals surface area (Å²) in [7, 11) is 0. The first-order valence-corrected chi connectivity index (χ1v) is 8.08. The Balaban J connectivity index is 2.09. The molecule has 0 radical (unpaired) electrons. The van der Waals surface area contributed by atoms with E-state index in [9.17, 15) is 14.7 Å². The number of fused-ring (bicyclic) bond motifs is 1. The van der Waals surface area contributed by atoms with Gasteiger partial charge in [-0.15, -0.1) is 0 Å². The fourth-order valence-corrected chi connectivity index (χ4v) is 3.11. The molecule has 1 aromatic heterocycles. The van der Waals surface area contributed by atoms with E-state index >= 15 is 0 Å². The molecule has 3 rings (SSSR count). The number of rotatable bonds is 3. The Morgan fingerprint density at radius 1 is 1.04 bits per heavy atom. The maximum absolute atomic E-state index is 12.7. The summed E-state index contributed by atoms with van der Waals surface area (Å²) in [4.78, 5) is 24.2. The van der Waals surface area contributed by atoms with Crippen LogP contribution in [0.4, 0.5) is 5.69 Å². The van der Waals surface area contributed by atoms with Crippen LogP contribution in [0.25, 0.3) is 11.0 Å². The third kappa shape index (κ3) is 2.97. The average Bonchev–Trinajstić information content (AvgIpc) is 2.85. The van der Waals surface area contributed by atoms with Gasteiger partial charge >= 0.3 is 5.97 Å². The molecule has 7 heteroatoms. The van der Waals surface area contributed by atoms with Crippen molar-refractivity contribution >= 4 is 51.7 Å². The Morgan fingerprint density at radius 2 is 1.68 bits per heavy atom. The molecule has 0 saturated carbocycles. The zero-order valence-corrected chi connectivity index (χ0v) is 14.8. The summed E-state index contributed by atoms with van der Waals surface area (Å²) < 4.78 is 5.71. The monoisotopic (exact) mass is 377 g/mol. The largest absolute Gasteiger partial charge is 0.478 e. The summed E-state index contributed by atoms with van der Waals surface area (Å²) in [5, 5.41) is 12.8. The molecule has 1 heterocycles. The first kappa shape index (κ1) is 17.3. The van der Waals surface area contributed by atoms with Crippen LogP contribution in [0, 0.1) is 13.8 Å². The van der Waals surface area contributed by atoms with Crippen molar-refractivity contribution in [3.8, 4) is 0 Å². The first-order chi connectivity index (χ1) is 11.8. The van der Waals surface area contributed by atoms with E-state index < -0.39 is 11.9 Å². The number of para-hydroxylation sites is 1. The number of halogens is 2. The molecule has 0 aliphatic rings. The number of carbonyl (C=O) groups is 2. The molecule has 0 aliphatic heterocycles. The Morgan fingerprint density at radius 3 is 2.32 bits per heavy atom. The first-order valence-electron chi connectivity index (χ1n) is 7.32. The van der Waals surface area contributed by atoms with Gasteiger partial charge in [-0.25, -0.2) is 4.79 Å². The highest BCUT2D eigenvalue weighted by Crippen LogP contribution is 2.32. The summed E-state index contributed by atoms with van der Waals surface area (Å²) in [6.45, 7) is 3.75. The molecule has 0 unspecified atom stereocenters. The van der Waals surface area contributed by atoms with E-state index in [1.165, 1.54) is 12.1 Å². The standard InChI is InChI=1S/C18H13Cl2NO4/c1-8-9(2)25-16-10(8)4-3-5-13(16)21-17(22)14-11(19)6-7-12(20)15(14)18(23)24/h3-7H,1-2H3,(H,21,22)(H,23,24). The Bertz CT molecular complexity index is 1020. The van der Waals surface area contributed by atoms with E-state index in [0.29, 0.717) is 11.3 Å². The molecule has 0 bridgehead atoms. The van der Waals surface area contributed by atoms with Gasteiger partial charge in [-0.05, 0) is 37.6 Å². The van der Waals surface area contributed by atoms with E-state index in [1.807, 2.05) is 19.9 Å². The highest BCUT2D eigenvalue weighted by atomic mass is 35.5. The number of hydrogen-bond donors (Lipinski definition) is 2. The quantitative estimate of drug-likeness (QED) is 0.648. The van der Waals surface area contributed by atoms with E-state index in [2.05, 4.69) is 5.32 Å². The number of carboxylic acids is 1. The van der Waals surface area contributed by atoms with E-state index in [1.54, 1.807) is 12.1 Å². The number of anilines is 1. The number of carboxylic acid groups (broad SMARTS) is 1. The minimum absolute atomic E-state index is 0.00159. The number of amides is 1. The van der Waals surface area contributed by atoms with Crippen molar-refractivity contribution in [3.63, 3.8) is 0 Å². The maximum atomic E-state index is 12.7. The molecule has 3 aromatic rings. The van der Waals surface area contributed by atoms with Crippen LogP contribution in [0.5, 0.6) is 0 Å². The maximum Gasteiger partial charge on any atom is 0.338 e. The predicted molar refractivity (Wildman–Crippen MR) is 97.1 cm³/mol. The Hall–Kier alpha value is -2.50. The molecule has 0 fully saturated rings. The topological polar surface area (TPSA) is 79.5 Å². The SMILES string of the molecule is Cc1oc2c(NC(=O)c3c(Cl)ccc(Cl)c3C(=O)O)cccc2c1C. The Kier molecular flexibility index (Phi) is 4.45. The summed E-state index contributed by atoms with van der Waals surface area (Å²) >= 11 is 12.0. The minimum Gasteiger partial charge on any atom is -0.478 e. The van der Waals surface area contributed by atoms with Crippen LogP contribution < -0.4 is 5.32 Å². The number of hydrogen-bond acceptors (Lipinski definition) is 3. The van der Waals surface area contributed by atoms with Gasteiger partial charge in [0.2, 0.25) is 0 Å². The summed E-state index contributed by atoms with van der Waals surface area (Å²) in [6.07, 6.45) is 0. The lowest BCUT2D eigenvalue weighted by atomic mass is 10.1. The third-order valence-electron chi connectivity index (χ3n) is 4.00. The molecular formula is C18H13Cl2NO4. The molecule has 0 atom stereocenters. The third-order valence-corrected chi connectivity index (χ3v) is 4.63. The molecule has 128 valence electrons. The molecule has 1 amide bonds.